The van der Waals surface area contributed by atoms with E-state index in [1.54, 1.807) is 35.7 Å². The molecular weight excluding hydrogens is 377 g/mol. The molecule has 1 aliphatic rings. The lowest BCUT2D eigenvalue weighted by Gasteiger charge is -2.18. The normalized spacial score (nSPS) is 18.9. The summed E-state index contributed by atoms with van der Waals surface area (Å²) in [5.41, 5.74) is 3.49. The number of halogens is 1. The zero-order valence-corrected chi connectivity index (χ0v) is 16.6. The number of carbonyl (C=O) groups excluding carboxylic acids is 1. The van der Waals surface area contributed by atoms with Crippen LogP contribution in [0.5, 0.6) is 5.75 Å². The molecule has 2 aromatic carbocycles. The zero-order valence-electron chi connectivity index (χ0n) is 15.8. The van der Waals surface area contributed by atoms with E-state index in [-0.39, 0.29) is 22.2 Å². The molecule has 0 aliphatic carbocycles. The van der Waals surface area contributed by atoms with Crippen LogP contribution in [-0.2, 0) is 4.79 Å². The molecule has 0 saturated carbocycles. The number of nitrogens with zero attached hydrogens (tertiary/aromatic N) is 2. The fourth-order valence-corrected chi connectivity index (χ4v) is 4.66. The minimum absolute atomic E-state index is 0.0834. The van der Waals surface area contributed by atoms with Crippen LogP contribution in [0.2, 0.25) is 0 Å². The van der Waals surface area contributed by atoms with Crippen molar-refractivity contribution in [2.75, 3.05) is 12.4 Å². The lowest BCUT2D eigenvalue weighted by atomic mass is 10.0. The molecule has 0 unspecified atom stereocenters. The van der Waals surface area contributed by atoms with Crippen molar-refractivity contribution < 1.29 is 13.9 Å². The Hall–Kier alpha value is -2.80. The van der Waals surface area contributed by atoms with Gasteiger partial charge in [-0.15, -0.1) is 11.8 Å². The van der Waals surface area contributed by atoms with Crippen molar-refractivity contribution >= 4 is 23.5 Å². The molecule has 7 heteroatoms. The van der Waals surface area contributed by atoms with Crippen LogP contribution >= 0.6 is 11.8 Å². The maximum Gasteiger partial charge on any atom is 0.238 e. The summed E-state index contributed by atoms with van der Waals surface area (Å²) >= 11 is 1.57. The molecule has 0 spiro atoms. The van der Waals surface area contributed by atoms with Gasteiger partial charge in [0, 0.05) is 5.56 Å². The summed E-state index contributed by atoms with van der Waals surface area (Å²) in [6.45, 7) is 3.82. The lowest BCUT2D eigenvalue weighted by Crippen LogP contribution is -2.22. The van der Waals surface area contributed by atoms with Crippen LogP contribution < -0.4 is 10.1 Å². The van der Waals surface area contributed by atoms with E-state index < -0.39 is 0 Å². The highest BCUT2D eigenvalue weighted by Gasteiger charge is 2.34. The van der Waals surface area contributed by atoms with Gasteiger partial charge in [0.25, 0.3) is 0 Å². The third-order valence-electron chi connectivity index (χ3n) is 4.79. The van der Waals surface area contributed by atoms with Crippen molar-refractivity contribution in [1.82, 2.24) is 9.78 Å². The Labute approximate surface area is 166 Å². The van der Waals surface area contributed by atoms with Crippen LogP contribution in [0, 0.1) is 12.7 Å². The van der Waals surface area contributed by atoms with Crippen molar-refractivity contribution in [2.45, 2.75) is 24.3 Å². The van der Waals surface area contributed by atoms with Crippen LogP contribution in [0.15, 0.2) is 48.5 Å². The fourth-order valence-electron chi connectivity index (χ4n) is 3.34. The Morgan fingerprint density at radius 1 is 1.21 bits per heavy atom. The first-order valence-corrected chi connectivity index (χ1v) is 9.88. The molecule has 1 aliphatic heterocycles. The first-order chi connectivity index (χ1) is 13.5. The van der Waals surface area contributed by atoms with E-state index in [4.69, 9.17) is 4.74 Å². The molecule has 28 heavy (non-hydrogen) atoms. The molecule has 3 aromatic rings. The Morgan fingerprint density at radius 2 is 1.96 bits per heavy atom. The molecule has 1 amide bonds. The Kier molecular flexibility index (Phi) is 4.85. The van der Waals surface area contributed by atoms with Crippen LogP contribution in [-0.4, -0.2) is 28.0 Å². The van der Waals surface area contributed by atoms with Gasteiger partial charge in [0.2, 0.25) is 5.91 Å². The number of hydrogen-bond donors (Lipinski definition) is 1. The Bertz CT molecular complexity index is 1030. The molecule has 144 valence electrons. The monoisotopic (exact) mass is 397 g/mol. The van der Waals surface area contributed by atoms with Crippen molar-refractivity contribution in [3.8, 4) is 11.4 Å². The molecule has 4 rings (SSSR count). The van der Waals surface area contributed by atoms with E-state index in [1.807, 2.05) is 38.1 Å². The van der Waals surface area contributed by atoms with Gasteiger partial charge in [-0.3, -0.25) is 4.79 Å². The summed E-state index contributed by atoms with van der Waals surface area (Å²) in [5, 5.41) is 7.33. The van der Waals surface area contributed by atoms with Crippen molar-refractivity contribution in [2.24, 2.45) is 0 Å². The highest BCUT2D eigenvalue weighted by molar-refractivity contribution is 8.01. The number of carbonyl (C=O) groups is 1. The number of benzene rings is 2. The van der Waals surface area contributed by atoms with Gasteiger partial charge in [-0.2, -0.15) is 5.10 Å². The average Bonchev–Trinajstić information content (AvgIpc) is 2.94. The Morgan fingerprint density at radius 3 is 2.68 bits per heavy atom. The van der Waals surface area contributed by atoms with Crippen LogP contribution in [0.3, 0.4) is 0 Å². The summed E-state index contributed by atoms with van der Waals surface area (Å²) in [4.78, 5) is 12.7. The largest absolute Gasteiger partial charge is 0.497 e. The topological polar surface area (TPSA) is 56.1 Å². The molecule has 2 atom stereocenters. The second kappa shape index (κ2) is 7.31. The number of fused-ring (bicyclic) bond motifs is 1. The standard InChI is InChI=1S/C21H20FN3O2S/c1-12-18-19(14-5-4-6-17(11-14)27-3)28-13(2)21(26)23-20(18)25(24-12)16-9-7-15(22)8-10-16/h4-11,13,19H,1-3H3,(H,23,26)/t13-,19+/m1/s1. The average molecular weight is 397 g/mol. The highest BCUT2D eigenvalue weighted by atomic mass is 32.2. The molecule has 0 radical (unpaired) electrons. The van der Waals surface area contributed by atoms with E-state index in [1.165, 1.54) is 12.1 Å². The third kappa shape index (κ3) is 3.26. The summed E-state index contributed by atoms with van der Waals surface area (Å²) in [7, 11) is 1.64. The number of aromatic nitrogens is 2. The van der Waals surface area contributed by atoms with Gasteiger partial charge >= 0.3 is 0 Å². The van der Waals surface area contributed by atoms with E-state index in [0.717, 1.165) is 22.6 Å². The van der Waals surface area contributed by atoms with E-state index in [0.29, 0.717) is 11.5 Å². The molecule has 0 saturated heterocycles. The molecule has 0 fully saturated rings. The van der Waals surface area contributed by atoms with Gasteiger partial charge in [0.05, 0.1) is 29.0 Å². The second-order valence-corrected chi connectivity index (χ2v) is 8.11. The molecular formula is C21H20FN3O2S. The van der Waals surface area contributed by atoms with Crippen LogP contribution in [0.1, 0.15) is 29.0 Å². The Balaban J connectivity index is 1.89. The molecule has 1 N–H and O–H groups in total. The quantitative estimate of drug-likeness (QED) is 0.707. The highest BCUT2D eigenvalue weighted by Crippen LogP contribution is 2.46. The van der Waals surface area contributed by atoms with E-state index in [9.17, 15) is 9.18 Å². The number of ether oxygens (including phenoxy) is 1. The summed E-state index contributed by atoms with van der Waals surface area (Å²) in [6, 6.07) is 13.9. The number of thioether (sulfide) groups is 1. The van der Waals surface area contributed by atoms with E-state index in [2.05, 4.69) is 10.4 Å². The predicted molar refractivity (Wildman–Crippen MR) is 109 cm³/mol. The van der Waals surface area contributed by atoms with Crippen molar-refractivity contribution in [3.63, 3.8) is 0 Å². The first-order valence-electron chi connectivity index (χ1n) is 8.93. The van der Waals surface area contributed by atoms with Crippen LogP contribution in [0.25, 0.3) is 5.69 Å². The van der Waals surface area contributed by atoms with Gasteiger partial charge in [-0.1, -0.05) is 12.1 Å². The molecule has 0 bridgehead atoms. The third-order valence-corrected chi connectivity index (χ3v) is 6.19. The molecule has 2 heterocycles. The van der Waals surface area contributed by atoms with Crippen molar-refractivity contribution in [1.29, 1.82) is 0 Å². The number of rotatable bonds is 3. The molecule has 1 aromatic heterocycles. The summed E-state index contributed by atoms with van der Waals surface area (Å²) < 4.78 is 20.4. The van der Waals surface area contributed by atoms with Gasteiger partial charge in [0.1, 0.15) is 17.4 Å². The van der Waals surface area contributed by atoms with Gasteiger partial charge in [-0.25, -0.2) is 9.07 Å². The van der Waals surface area contributed by atoms with Gasteiger partial charge < -0.3 is 10.1 Å². The lowest BCUT2D eigenvalue weighted by molar-refractivity contribution is -0.115. The fraction of sp³-hybridized carbons (Fsp3) is 0.238. The predicted octanol–water partition coefficient (Wildman–Crippen LogP) is 4.49. The van der Waals surface area contributed by atoms with E-state index >= 15 is 0 Å². The number of methoxy groups -OCH3 is 1. The number of amides is 1. The van der Waals surface area contributed by atoms with Gasteiger partial charge in [0.15, 0.2) is 0 Å². The summed E-state index contributed by atoms with van der Waals surface area (Å²) in [6.07, 6.45) is 0. The minimum atomic E-state index is -0.318. The smallest absolute Gasteiger partial charge is 0.238 e. The first kappa shape index (κ1) is 18.6. The number of hydrogen-bond acceptors (Lipinski definition) is 4. The number of anilines is 1. The van der Waals surface area contributed by atoms with Gasteiger partial charge in [-0.05, 0) is 55.8 Å². The molecule has 5 nitrogen and oxygen atoms in total. The maximum atomic E-state index is 13.4. The van der Waals surface area contributed by atoms with Crippen LogP contribution in [0.4, 0.5) is 10.2 Å². The minimum Gasteiger partial charge on any atom is -0.497 e. The maximum absolute atomic E-state index is 13.4. The second-order valence-electron chi connectivity index (χ2n) is 6.66. The zero-order chi connectivity index (χ0) is 19.8. The summed E-state index contributed by atoms with van der Waals surface area (Å²) in [5.74, 6) is 0.985. The number of nitrogens with one attached hydrogen (secondary N) is 1. The number of aryl methyl sites for hydroxylation is 1. The SMILES string of the molecule is COc1cccc([C@@H]2S[C@H](C)C(=O)Nc3c2c(C)nn3-c2ccc(F)cc2)c1. The van der Waals surface area contributed by atoms with Crippen molar-refractivity contribution in [3.05, 3.63) is 71.2 Å².